The molecule has 2 aliphatic heterocycles. The molecule has 0 radical (unpaired) electrons. The molecule has 6 nitrogen and oxygen atoms in total. The molecule has 5 aliphatic rings. The Hall–Kier alpha value is -0.746. The van der Waals surface area contributed by atoms with Crippen LogP contribution in [0.3, 0.4) is 0 Å². The average Bonchev–Trinajstić information content (AvgIpc) is 3.48. The number of benzene rings is 1. The molecule has 1 aromatic rings. The zero-order valence-corrected chi connectivity index (χ0v) is 45.7. The van der Waals surface area contributed by atoms with Crippen LogP contribution < -0.4 is 4.43 Å². The van der Waals surface area contributed by atoms with Gasteiger partial charge >= 0.3 is 0 Å². The maximum atomic E-state index is 8.01. The van der Waals surface area contributed by atoms with Crippen molar-refractivity contribution in [2.24, 2.45) is 22.7 Å². The van der Waals surface area contributed by atoms with E-state index in [9.17, 15) is 0 Å². The molecule has 0 aromatic heterocycles. The van der Waals surface area contributed by atoms with Gasteiger partial charge in [0.15, 0.2) is 20.9 Å². The summed E-state index contributed by atoms with van der Waals surface area (Å²) in [5, 5.41) is 0.386. The van der Waals surface area contributed by atoms with E-state index in [-0.39, 0.29) is 33.5 Å². The Morgan fingerprint density at radius 3 is 1.69 bits per heavy atom. The molecule has 7 atom stereocenters. The molecule has 64 heavy (non-hydrogen) atoms. The predicted molar refractivity (Wildman–Crippen MR) is 272 cm³/mol. The third-order valence-corrected chi connectivity index (χ3v) is 27.1. The number of rotatable bonds is 24. The normalized spacial score (nSPS) is 30.2. The summed E-state index contributed by atoms with van der Waals surface area (Å²) >= 11 is 0. The number of hydrogen-bond acceptors (Lipinski definition) is 6. The van der Waals surface area contributed by atoms with Gasteiger partial charge in [0, 0.05) is 26.4 Å². The third kappa shape index (κ3) is 13.5. The summed E-state index contributed by atoms with van der Waals surface area (Å²) in [5.41, 5.74) is 3.70. The Labute approximate surface area is 396 Å². The molecule has 0 bridgehead atoms. The summed E-state index contributed by atoms with van der Waals surface area (Å²) in [4.78, 5) is 0. The third-order valence-electron chi connectivity index (χ3n) is 18.3. The van der Waals surface area contributed by atoms with Crippen molar-refractivity contribution in [3.63, 3.8) is 0 Å². The van der Waals surface area contributed by atoms with Gasteiger partial charge in [-0.1, -0.05) is 119 Å². The number of hydrogen-bond donors (Lipinski definition) is 0. The van der Waals surface area contributed by atoms with Crippen LogP contribution in [-0.2, 0) is 29.8 Å². The molecule has 4 fully saturated rings. The zero-order valence-electron chi connectivity index (χ0n) is 43.7. The topological polar surface area (TPSA) is 55.4 Å². The Kier molecular flexibility index (Phi) is 19.1. The van der Waals surface area contributed by atoms with E-state index < -0.39 is 16.6 Å². The van der Waals surface area contributed by atoms with Gasteiger partial charge in [-0.3, -0.25) is 0 Å². The van der Waals surface area contributed by atoms with Crippen LogP contribution in [0.4, 0.5) is 0 Å². The molecule has 3 aliphatic carbocycles. The van der Waals surface area contributed by atoms with Crippen molar-refractivity contribution in [2.45, 2.75) is 270 Å². The van der Waals surface area contributed by atoms with E-state index in [1.54, 1.807) is 11.1 Å². The van der Waals surface area contributed by atoms with Gasteiger partial charge in [-0.05, 0) is 184 Å². The molecule has 1 aromatic carbocycles. The van der Waals surface area contributed by atoms with Crippen molar-refractivity contribution in [1.82, 2.24) is 0 Å². The van der Waals surface area contributed by atoms with Crippen LogP contribution in [0.5, 0.6) is 5.75 Å². The smallest absolute Gasteiger partial charge is 0.250 e. The van der Waals surface area contributed by atoms with Gasteiger partial charge in [-0.25, -0.2) is 0 Å². The zero-order chi connectivity index (χ0) is 46.1. The van der Waals surface area contributed by atoms with Crippen LogP contribution >= 0.6 is 0 Å². The van der Waals surface area contributed by atoms with E-state index >= 15 is 0 Å². The molecule has 2 heterocycles. The second kappa shape index (κ2) is 23.2. The minimum Gasteiger partial charge on any atom is -0.543 e. The first-order valence-corrected chi connectivity index (χ1v) is 33.1. The maximum Gasteiger partial charge on any atom is 0.250 e. The fourth-order valence-corrected chi connectivity index (χ4v) is 14.9. The van der Waals surface area contributed by atoms with Gasteiger partial charge < -0.3 is 27.8 Å². The van der Waals surface area contributed by atoms with E-state index in [0.717, 1.165) is 69.7 Å². The summed E-state index contributed by atoms with van der Waals surface area (Å²) in [5.74, 6) is 3.24. The van der Waals surface area contributed by atoms with Crippen LogP contribution in [0.1, 0.15) is 220 Å². The van der Waals surface area contributed by atoms with Gasteiger partial charge in [0.1, 0.15) is 5.75 Å². The van der Waals surface area contributed by atoms with Crippen LogP contribution in [0.15, 0.2) is 18.2 Å². The minimum absolute atomic E-state index is 0.0444. The van der Waals surface area contributed by atoms with E-state index in [0.29, 0.717) is 12.0 Å². The molecule has 6 rings (SSSR count). The highest BCUT2D eigenvalue weighted by Crippen LogP contribution is 2.69. The molecule has 2 unspecified atom stereocenters. The summed E-state index contributed by atoms with van der Waals surface area (Å²) in [6.07, 6.45) is 32.1. The van der Waals surface area contributed by atoms with Gasteiger partial charge in [0.05, 0.1) is 6.10 Å². The monoisotopic (exact) mass is 925 g/mol. The predicted octanol–water partition coefficient (Wildman–Crippen LogP) is 16.5. The largest absolute Gasteiger partial charge is 0.543 e. The number of ether oxygens (including phenoxy) is 4. The summed E-state index contributed by atoms with van der Waals surface area (Å²) in [7, 11) is -3.95. The van der Waals surface area contributed by atoms with Gasteiger partial charge in [0.2, 0.25) is 8.32 Å². The van der Waals surface area contributed by atoms with Gasteiger partial charge in [-0.15, -0.1) is 0 Å². The molecular weight excluding hydrogens is 825 g/mol. The lowest BCUT2D eigenvalue weighted by atomic mass is 9.55. The van der Waals surface area contributed by atoms with E-state index in [4.69, 9.17) is 27.8 Å². The lowest BCUT2D eigenvalue weighted by molar-refractivity contribution is -0.163. The van der Waals surface area contributed by atoms with Crippen molar-refractivity contribution in [3.05, 3.63) is 29.3 Å². The lowest BCUT2D eigenvalue weighted by Crippen LogP contribution is -2.54. The van der Waals surface area contributed by atoms with Crippen molar-refractivity contribution in [1.29, 1.82) is 0 Å². The Morgan fingerprint density at radius 1 is 0.641 bits per heavy atom. The standard InChI is InChI=1S/C56H100O6Si2/c1-53(2,3)63(8,9)61-45-31-33-46-44(42-45)30-32-48-47(46)34-37-55(7)49(48)43-56(52(55)62-64(10,11)54(4,5)6,35-22-16-12-14-18-24-38-57-50-28-20-26-40-59-50)36-23-17-13-15-19-25-39-58-51-29-21-27-41-60-51/h31,33,42,47-52H,12-30,32,34-41,43H2,1-11H3/t47-,48-,49+,50?,51?,52-,55+,56?/m1/s1. The first kappa shape index (κ1) is 52.6. The fraction of sp³-hybridized carbons (Fsp3) is 0.893. The molecule has 368 valence electrons. The Balaban J connectivity index is 1.14. The minimum atomic E-state index is -2.05. The summed E-state index contributed by atoms with van der Waals surface area (Å²) in [6.45, 7) is 30.5. The molecule has 0 spiro atoms. The molecular formula is C56H100O6Si2. The van der Waals surface area contributed by atoms with Crippen molar-refractivity contribution < 1.29 is 27.8 Å². The number of unbranched alkanes of at least 4 members (excludes halogenated alkanes) is 10. The number of fused-ring (bicyclic) bond motifs is 5. The second-order valence-electron chi connectivity index (χ2n) is 25.1. The molecule has 8 heteroatoms. The SMILES string of the molecule is CC(C)(C)[Si](C)(C)Oc1ccc2c(c1)CC[C@@H]1[C@@H]2CC[C@@]2(C)[C@H]1CC(CCCCCCCCOC1CCCCO1)(CCCCCCCCOC1CCCCO1)[C@@H]2O[Si](C)(C)C(C)(C)C. The van der Waals surface area contributed by atoms with Crippen LogP contribution in [0.2, 0.25) is 36.3 Å². The van der Waals surface area contributed by atoms with Crippen molar-refractivity contribution in [2.75, 3.05) is 26.4 Å². The van der Waals surface area contributed by atoms with Crippen LogP contribution in [-0.4, -0.2) is 61.7 Å². The van der Waals surface area contributed by atoms with E-state index in [1.165, 1.54) is 135 Å². The van der Waals surface area contributed by atoms with E-state index in [1.807, 2.05) is 0 Å². The highest BCUT2D eigenvalue weighted by molar-refractivity contribution is 6.75. The van der Waals surface area contributed by atoms with E-state index in [2.05, 4.69) is 92.9 Å². The summed E-state index contributed by atoms with van der Waals surface area (Å²) in [6, 6.07) is 7.31. The summed E-state index contributed by atoms with van der Waals surface area (Å²) < 4.78 is 38.6. The second-order valence-corrected chi connectivity index (χ2v) is 34.6. The first-order chi connectivity index (χ1) is 30.4. The fourth-order valence-electron chi connectivity index (χ4n) is 12.4. The van der Waals surface area contributed by atoms with Crippen molar-refractivity contribution >= 4 is 16.6 Å². The molecule has 0 N–H and O–H groups in total. The molecule has 2 saturated carbocycles. The van der Waals surface area contributed by atoms with Gasteiger partial charge in [-0.2, -0.15) is 0 Å². The Morgan fingerprint density at radius 2 is 1.17 bits per heavy atom. The van der Waals surface area contributed by atoms with Crippen LogP contribution in [0.25, 0.3) is 0 Å². The molecule has 2 saturated heterocycles. The highest BCUT2D eigenvalue weighted by Gasteiger charge is 2.65. The highest BCUT2D eigenvalue weighted by atomic mass is 28.4. The lowest BCUT2D eigenvalue weighted by Gasteiger charge is -2.53. The molecule has 0 amide bonds. The first-order valence-electron chi connectivity index (χ1n) is 27.3. The maximum absolute atomic E-state index is 8.01. The average molecular weight is 926 g/mol. The Bertz CT molecular complexity index is 1500. The quantitative estimate of drug-likeness (QED) is 0.0761. The number of aryl methyl sites for hydroxylation is 1. The van der Waals surface area contributed by atoms with Crippen LogP contribution in [0, 0.1) is 22.7 Å². The van der Waals surface area contributed by atoms with Crippen molar-refractivity contribution in [3.8, 4) is 5.75 Å². The van der Waals surface area contributed by atoms with Gasteiger partial charge in [0.25, 0.3) is 0 Å².